The maximum absolute atomic E-state index is 12.7. The summed E-state index contributed by atoms with van der Waals surface area (Å²) < 4.78 is 43.2. The predicted molar refractivity (Wildman–Crippen MR) is 160 cm³/mol. The SMILES string of the molecule is CCCCCCC/C=C/CCCOC(=O)c1ccc(S(=O)(=O)O)cc1C(=O)OCCC/C=C/CCCCCCC. The quantitative estimate of drug-likeness (QED) is 0.0599. The number of allylic oxidation sites excluding steroid dienone is 4. The van der Waals surface area contributed by atoms with Crippen LogP contribution in [0.5, 0.6) is 0 Å². The number of unbranched alkanes of at least 4 members (excludes halogenated alkanes) is 12. The van der Waals surface area contributed by atoms with Crippen molar-refractivity contribution in [3.63, 3.8) is 0 Å². The van der Waals surface area contributed by atoms with E-state index < -0.39 is 27.0 Å². The first kappa shape index (κ1) is 35.6. The van der Waals surface area contributed by atoms with Gasteiger partial charge in [-0.1, -0.05) is 89.5 Å². The summed E-state index contributed by atoms with van der Waals surface area (Å²) in [5, 5.41) is 0. The third-order valence-electron chi connectivity index (χ3n) is 6.51. The van der Waals surface area contributed by atoms with Crippen LogP contribution in [0, 0.1) is 0 Å². The minimum Gasteiger partial charge on any atom is -0.462 e. The fraction of sp³-hybridized carbons (Fsp3) is 0.625. The summed E-state index contributed by atoms with van der Waals surface area (Å²) in [6.07, 6.45) is 25.7. The van der Waals surface area contributed by atoms with Crippen LogP contribution in [0.3, 0.4) is 0 Å². The first-order valence-electron chi connectivity index (χ1n) is 15.1. The van der Waals surface area contributed by atoms with E-state index in [0.29, 0.717) is 12.8 Å². The van der Waals surface area contributed by atoms with E-state index in [1.807, 2.05) is 0 Å². The van der Waals surface area contributed by atoms with Crippen molar-refractivity contribution in [1.29, 1.82) is 0 Å². The fourth-order valence-corrected chi connectivity index (χ4v) is 4.63. The number of ether oxygens (including phenoxy) is 2. The molecule has 0 aliphatic carbocycles. The fourth-order valence-electron chi connectivity index (χ4n) is 4.12. The van der Waals surface area contributed by atoms with Gasteiger partial charge in [0.05, 0.1) is 29.2 Å². The maximum atomic E-state index is 12.7. The van der Waals surface area contributed by atoms with Crippen LogP contribution in [0.15, 0.2) is 47.4 Å². The minimum atomic E-state index is -4.56. The summed E-state index contributed by atoms with van der Waals surface area (Å²) in [6, 6.07) is 3.19. The first-order chi connectivity index (χ1) is 19.3. The van der Waals surface area contributed by atoms with E-state index in [9.17, 15) is 22.6 Å². The van der Waals surface area contributed by atoms with E-state index in [4.69, 9.17) is 9.47 Å². The number of esters is 2. The lowest BCUT2D eigenvalue weighted by Gasteiger charge is -2.11. The summed E-state index contributed by atoms with van der Waals surface area (Å²) in [5.74, 6) is -1.57. The van der Waals surface area contributed by atoms with Crippen LogP contribution in [0.25, 0.3) is 0 Å². The summed E-state index contributed by atoms with van der Waals surface area (Å²) >= 11 is 0. The van der Waals surface area contributed by atoms with Crippen molar-refractivity contribution in [3.05, 3.63) is 53.6 Å². The van der Waals surface area contributed by atoms with E-state index >= 15 is 0 Å². The Morgan fingerprint density at radius 2 is 1.07 bits per heavy atom. The molecule has 0 amide bonds. The van der Waals surface area contributed by atoms with Crippen molar-refractivity contribution in [2.45, 2.75) is 121 Å². The standard InChI is InChI=1S/C32H50O7S/c1-3-5-7-9-11-13-15-17-19-21-25-38-31(33)29-24-23-28(40(35,36)37)27-30(29)32(34)39-26-22-20-18-16-14-12-10-8-6-4-2/h15-18,23-24,27H,3-14,19-22,25-26H2,1-2H3,(H,35,36,37)/b17-15+,18-16+. The van der Waals surface area contributed by atoms with Crippen LogP contribution in [-0.2, 0) is 19.6 Å². The molecule has 0 aliphatic heterocycles. The molecule has 0 radical (unpaired) electrons. The lowest BCUT2D eigenvalue weighted by Crippen LogP contribution is -2.16. The van der Waals surface area contributed by atoms with Gasteiger partial charge in [0.1, 0.15) is 0 Å². The monoisotopic (exact) mass is 578 g/mol. The second kappa shape index (κ2) is 22.3. The number of hydrogen-bond donors (Lipinski definition) is 1. The van der Waals surface area contributed by atoms with Crippen molar-refractivity contribution >= 4 is 22.1 Å². The number of benzene rings is 1. The van der Waals surface area contributed by atoms with Crippen LogP contribution in [0.1, 0.15) is 137 Å². The largest absolute Gasteiger partial charge is 0.462 e. The molecule has 0 fully saturated rings. The zero-order valence-corrected chi connectivity index (χ0v) is 25.4. The first-order valence-corrected chi connectivity index (χ1v) is 16.5. The van der Waals surface area contributed by atoms with Crippen molar-refractivity contribution in [2.75, 3.05) is 13.2 Å². The average molecular weight is 579 g/mol. The van der Waals surface area contributed by atoms with Gasteiger partial charge in [0.15, 0.2) is 0 Å². The van der Waals surface area contributed by atoms with Gasteiger partial charge in [-0.2, -0.15) is 8.42 Å². The highest BCUT2D eigenvalue weighted by atomic mass is 32.2. The van der Waals surface area contributed by atoms with Gasteiger partial charge < -0.3 is 9.47 Å². The van der Waals surface area contributed by atoms with Gasteiger partial charge in [0.2, 0.25) is 0 Å². The molecule has 0 saturated carbocycles. The van der Waals surface area contributed by atoms with Crippen molar-refractivity contribution < 1.29 is 32.0 Å². The zero-order valence-electron chi connectivity index (χ0n) is 24.6. The summed E-state index contributed by atoms with van der Waals surface area (Å²) in [7, 11) is -4.56. The molecular formula is C32H50O7S. The van der Waals surface area contributed by atoms with Gasteiger partial charge in [-0.05, 0) is 69.6 Å². The Bertz CT molecular complexity index is 1010. The summed E-state index contributed by atoms with van der Waals surface area (Å²) in [5.41, 5.74) is -0.339. The van der Waals surface area contributed by atoms with Gasteiger partial charge in [-0.3, -0.25) is 4.55 Å². The molecule has 0 aromatic heterocycles. The molecule has 0 atom stereocenters. The molecule has 1 aromatic carbocycles. The number of hydrogen-bond acceptors (Lipinski definition) is 6. The third-order valence-corrected chi connectivity index (χ3v) is 7.36. The van der Waals surface area contributed by atoms with E-state index in [0.717, 1.165) is 37.8 Å². The van der Waals surface area contributed by atoms with Gasteiger partial charge >= 0.3 is 11.9 Å². The molecule has 0 aliphatic rings. The summed E-state index contributed by atoms with van der Waals surface area (Å²) in [4.78, 5) is 24.9. The molecule has 226 valence electrons. The van der Waals surface area contributed by atoms with Crippen molar-refractivity contribution in [1.82, 2.24) is 0 Å². The lowest BCUT2D eigenvalue weighted by molar-refractivity contribution is 0.0453. The van der Waals surface area contributed by atoms with Gasteiger partial charge in [0, 0.05) is 0 Å². The van der Waals surface area contributed by atoms with Crippen molar-refractivity contribution in [3.8, 4) is 0 Å². The van der Waals surface area contributed by atoms with Crippen LogP contribution in [0.4, 0.5) is 0 Å². The van der Waals surface area contributed by atoms with E-state index in [2.05, 4.69) is 38.2 Å². The molecule has 8 heteroatoms. The highest BCUT2D eigenvalue weighted by Gasteiger charge is 2.23. The Balaban J connectivity index is 2.53. The molecule has 0 spiro atoms. The second-order valence-electron chi connectivity index (χ2n) is 10.1. The molecule has 1 aromatic rings. The lowest BCUT2D eigenvalue weighted by atomic mass is 10.1. The van der Waals surface area contributed by atoms with Crippen LogP contribution >= 0.6 is 0 Å². The Hall–Kier alpha value is -2.45. The van der Waals surface area contributed by atoms with Crippen LogP contribution in [0.2, 0.25) is 0 Å². The van der Waals surface area contributed by atoms with Crippen LogP contribution in [-0.4, -0.2) is 38.1 Å². The maximum Gasteiger partial charge on any atom is 0.339 e. The summed E-state index contributed by atoms with van der Waals surface area (Å²) in [6.45, 7) is 4.68. The highest BCUT2D eigenvalue weighted by molar-refractivity contribution is 7.85. The number of carbonyl (C=O) groups is 2. The van der Waals surface area contributed by atoms with Gasteiger partial charge in [0.25, 0.3) is 10.1 Å². The average Bonchev–Trinajstić information content (AvgIpc) is 2.93. The molecule has 1 N–H and O–H groups in total. The molecule has 1 rings (SSSR count). The highest BCUT2D eigenvalue weighted by Crippen LogP contribution is 2.19. The van der Waals surface area contributed by atoms with Gasteiger partial charge in [-0.25, -0.2) is 9.59 Å². The van der Waals surface area contributed by atoms with Crippen LogP contribution < -0.4 is 0 Å². The molecule has 40 heavy (non-hydrogen) atoms. The molecule has 0 unspecified atom stereocenters. The predicted octanol–water partition coefficient (Wildman–Crippen LogP) is 8.64. The second-order valence-corrected chi connectivity index (χ2v) is 11.5. The topological polar surface area (TPSA) is 107 Å². The Morgan fingerprint density at radius 1 is 0.650 bits per heavy atom. The molecular weight excluding hydrogens is 528 g/mol. The van der Waals surface area contributed by atoms with E-state index in [1.165, 1.54) is 70.3 Å². The Kier molecular flexibility index (Phi) is 19.8. The van der Waals surface area contributed by atoms with E-state index in [1.54, 1.807) is 0 Å². The molecule has 0 bridgehead atoms. The molecule has 0 saturated heterocycles. The normalized spacial score (nSPS) is 11.9. The smallest absolute Gasteiger partial charge is 0.339 e. The van der Waals surface area contributed by atoms with Crippen molar-refractivity contribution in [2.24, 2.45) is 0 Å². The van der Waals surface area contributed by atoms with Gasteiger partial charge in [-0.15, -0.1) is 0 Å². The zero-order chi connectivity index (χ0) is 29.5. The number of rotatable bonds is 23. The number of carbonyl (C=O) groups excluding carboxylic acids is 2. The molecule has 7 nitrogen and oxygen atoms in total. The minimum absolute atomic E-state index is 0.0945. The van der Waals surface area contributed by atoms with E-state index in [-0.39, 0.29) is 24.3 Å². The Morgan fingerprint density at radius 3 is 1.52 bits per heavy atom. The molecule has 0 heterocycles. The third kappa shape index (κ3) is 16.6. The Labute approximate surface area is 242 Å².